The van der Waals surface area contributed by atoms with Crippen LogP contribution in [0.2, 0.25) is 0 Å². The summed E-state index contributed by atoms with van der Waals surface area (Å²) in [7, 11) is 0. The fourth-order valence-electron chi connectivity index (χ4n) is 3.87. The van der Waals surface area contributed by atoms with E-state index in [1.807, 2.05) is 0 Å². The normalized spacial score (nSPS) is 25.1. The highest BCUT2D eigenvalue weighted by atomic mass is 19.1. The van der Waals surface area contributed by atoms with Crippen molar-refractivity contribution in [3.8, 4) is 0 Å². The van der Waals surface area contributed by atoms with Crippen LogP contribution >= 0.6 is 0 Å². The molecule has 2 unspecified atom stereocenters. The van der Waals surface area contributed by atoms with Gasteiger partial charge in [0.15, 0.2) is 0 Å². The number of carboxylic acid groups (broad SMARTS) is 1. The number of ether oxygens (including phenoxy) is 1. The lowest BCUT2D eigenvalue weighted by atomic mass is 10.0. The molecule has 1 aromatic carbocycles. The Balaban J connectivity index is 1.44. The third kappa shape index (κ3) is 4.24. The summed E-state index contributed by atoms with van der Waals surface area (Å²) in [5, 5.41) is 12.4. The van der Waals surface area contributed by atoms with Gasteiger partial charge in [0.2, 0.25) is 0 Å². The average Bonchev–Trinajstić information content (AvgIpc) is 3.55. The van der Waals surface area contributed by atoms with Crippen LogP contribution in [0, 0.1) is 11.7 Å². The minimum Gasteiger partial charge on any atom is -0.465 e. The summed E-state index contributed by atoms with van der Waals surface area (Å²) < 4.78 is 19.5. The molecule has 0 spiro atoms. The van der Waals surface area contributed by atoms with E-state index < -0.39 is 17.8 Å². The van der Waals surface area contributed by atoms with Crippen molar-refractivity contribution in [2.75, 3.05) is 19.8 Å². The monoisotopic (exact) mass is 376 g/mol. The van der Waals surface area contributed by atoms with Crippen molar-refractivity contribution in [3.63, 3.8) is 0 Å². The van der Waals surface area contributed by atoms with Gasteiger partial charge < -0.3 is 20.1 Å². The topological polar surface area (TPSA) is 78.9 Å². The predicted octanol–water partition coefficient (Wildman–Crippen LogP) is 2.98. The maximum absolute atomic E-state index is 14.2. The first-order valence-electron chi connectivity index (χ1n) is 9.70. The number of nitrogens with zero attached hydrogens (tertiary/aromatic N) is 1. The van der Waals surface area contributed by atoms with Gasteiger partial charge in [0.25, 0.3) is 5.91 Å². The lowest BCUT2D eigenvalue weighted by molar-refractivity contribution is 0.0694. The van der Waals surface area contributed by atoms with E-state index in [0.717, 1.165) is 37.7 Å². The van der Waals surface area contributed by atoms with Gasteiger partial charge in [0.05, 0.1) is 5.56 Å². The molecule has 27 heavy (non-hydrogen) atoms. The minimum atomic E-state index is -0.894. The van der Waals surface area contributed by atoms with Crippen molar-refractivity contribution in [1.29, 1.82) is 0 Å². The van der Waals surface area contributed by atoms with Crippen LogP contribution in [-0.2, 0) is 4.74 Å². The zero-order chi connectivity index (χ0) is 19.0. The summed E-state index contributed by atoms with van der Waals surface area (Å²) in [4.78, 5) is 25.6. The Kier molecular flexibility index (Phi) is 5.04. The smallest absolute Gasteiger partial charge is 0.407 e. The van der Waals surface area contributed by atoms with E-state index in [1.54, 1.807) is 12.1 Å². The molecule has 1 saturated heterocycles. The second kappa shape index (κ2) is 7.46. The molecule has 1 aliphatic heterocycles. The van der Waals surface area contributed by atoms with Gasteiger partial charge >= 0.3 is 6.09 Å². The molecule has 0 radical (unpaired) electrons. The molecule has 146 valence electrons. The Morgan fingerprint density at radius 1 is 1.22 bits per heavy atom. The zero-order valence-corrected chi connectivity index (χ0v) is 15.2. The van der Waals surface area contributed by atoms with Crippen LogP contribution in [-0.4, -0.2) is 53.8 Å². The Labute approximate surface area is 157 Å². The predicted molar refractivity (Wildman–Crippen MR) is 96.3 cm³/mol. The fourth-order valence-corrected chi connectivity index (χ4v) is 3.87. The summed E-state index contributed by atoms with van der Waals surface area (Å²) >= 11 is 0. The van der Waals surface area contributed by atoms with Crippen LogP contribution in [0.4, 0.5) is 9.18 Å². The summed E-state index contributed by atoms with van der Waals surface area (Å²) in [6, 6.07) is 4.51. The second-order valence-electron chi connectivity index (χ2n) is 7.89. The summed E-state index contributed by atoms with van der Waals surface area (Å²) in [6.07, 6.45) is 3.47. The first-order chi connectivity index (χ1) is 13.0. The first kappa shape index (κ1) is 18.2. The van der Waals surface area contributed by atoms with Gasteiger partial charge in [-0.1, -0.05) is 6.07 Å². The molecule has 6 nitrogen and oxygen atoms in total. The van der Waals surface area contributed by atoms with Crippen LogP contribution in [0.5, 0.6) is 0 Å². The van der Waals surface area contributed by atoms with Gasteiger partial charge in [-0.15, -0.1) is 0 Å². The number of nitrogens with one attached hydrogen (secondary N) is 1. The van der Waals surface area contributed by atoms with Crippen molar-refractivity contribution >= 4 is 12.0 Å². The molecule has 3 aliphatic rings. The molecule has 2 saturated carbocycles. The van der Waals surface area contributed by atoms with Crippen molar-refractivity contribution < 1.29 is 23.8 Å². The van der Waals surface area contributed by atoms with E-state index >= 15 is 0 Å². The van der Waals surface area contributed by atoms with E-state index in [2.05, 4.69) is 5.32 Å². The standard InChI is InChI=1S/C20H25FN2O4/c21-17-4-3-13(9-16(17)19(24)22-14-5-7-27-8-6-14)15-10-18(15)23(20(25)26)11-12-1-2-12/h3-4,9,12,14-15,18H,1-2,5-8,10-11H2,(H,22,24)(H,25,26). The van der Waals surface area contributed by atoms with E-state index in [1.165, 1.54) is 11.0 Å². The van der Waals surface area contributed by atoms with Gasteiger partial charge in [0.1, 0.15) is 5.82 Å². The number of hydrogen-bond acceptors (Lipinski definition) is 3. The molecule has 0 aromatic heterocycles. The van der Waals surface area contributed by atoms with Gasteiger partial charge in [-0.3, -0.25) is 4.79 Å². The van der Waals surface area contributed by atoms with Crippen LogP contribution in [0.15, 0.2) is 18.2 Å². The molecule has 2 aliphatic carbocycles. The lowest BCUT2D eigenvalue weighted by Crippen LogP contribution is -2.39. The molecule has 2 N–H and O–H groups in total. The fraction of sp³-hybridized carbons (Fsp3) is 0.600. The average molecular weight is 376 g/mol. The van der Waals surface area contributed by atoms with Crippen LogP contribution < -0.4 is 5.32 Å². The summed E-state index contributed by atoms with van der Waals surface area (Å²) in [5.74, 6) is -0.438. The van der Waals surface area contributed by atoms with Gasteiger partial charge in [-0.05, 0) is 55.7 Å². The van der Waals surface area contributed by atoms with Crippen LogP contribution in [0.25, 0.3) is 0 Å². The highest BCUT2D eigenvalue weighted by Crippen LogP contribution is 2.46. The van der Waals surface area contributed by atoms with Crippen molar-refractivity contribution in [2.24, 2.45) is 5.92 Å². The van der Waals surface area contributed by atoms with Gasteiger partial charge in [-0.25, -0.2) is 9.18 Å². The molecule has 0 bridgehead atoms. The van der Waals surface area contributed by atoms with E-state index in [9.17, 15) is 19.1 Å². The van der Waals surface area contributed by atoms with Crippen molar-refractivity contribution in [2.45, 2.75) is 50.1 Å². The highest BCUT2D eigenvalue weighted by Gasteiger charge is 2.46. The molecule has 2 atom stereocenters. The van der Waals surface area contributed by atoms with Gasteiger partial charge in [-0.2, -0.15) is 0 Å². The highest BCUT2D eigenvalue weighted by molar-refractivity contribution is 5.95. The Morgan fingerprint density at radius 2 is 1.96 bits per heavy atom. The Bertz CT molecular complexity index is 731. The van der Waals surface area contributed by atoms with Crippen LogP contribution in [0.3, 0.4) is 0 Å². The Hall–Kier alpha value is -2.15. The first-order valence-corrected chi connectivity index (χ1v) is 9.70. The largest absolute Gasteiger partial charge is 0.465 e. The number of rotatable bonds is 6. The third-order valence-electron chi connectivity index (χ3n) is 5.77. The number of carbonyl (C=O) groups is 2. The van der Waals surface area contributed by atoms with E-state index in [0.29, 0.717) is 25.7 Å². The molecule has 1 aromatic rings. The molecule has 3 fully saturated rings. The maximum atomic E-state index is 14.2. The number of amides is 2. The molecule has 7 heteroatoms. The maximum Gasteiger partial charge on any atom is 0.407 e. The number of halogens is 1. The number of carbonyl (C=O) groups excluding carboxylic acids is 1. The van der Waals surface area contributed by atoms with E-state index in [4.69, 9.17) is 4.74 Å². The van der Waals surface area contributed by atoms with Crippen molar-refractivity contribution in [1.82, 2.24) is 10.2 Å². The number of benzene rings is 1. The Morgan fingerprint density at radius 3 is 2.63 bits per heavy atom. The van der Waals surface area contributed by atoms with Crippen molar-refractivity contribution in [3.05, 3.63) is 35.1 Å². The van der Waals surface area contributed by atoms with Gasteiger partial charge in [0, 0.05) is 37.8 Å². The molecule has 1 heterocycles. The number of hydrogen-bond donors (Lipinski definition) is 2. The molecular formula is C20H25FN2O4. The molecule has 2 amide bonds. The SMILES string of the molecule is O=C(NC1CCOCC1)c1cc(C2CC2N(CC2CC2)C(=O)O)ccc1F. The summed E-state index contributed by atoms with van der Waals surface area (Å²) in [5.41, 5.74) is 0.870. The molecular weight excluding hydrogens is 351 g/mol. The quantitative estimate of drug-likeness (QED) is 0.800. The second-order valence-corrected chi connectivity index (χ2v) is 7.89. The minimum absolute atomic E-state index is 0.00373. The zero-order valence-electron chi connectivity index (χ0n) is 15.2. The third-order valence-corrected chi connectivity index (χ3v) is 5.77. The van der Waals surface area contributed by atoms with E-state index in [-0.39, 0.29) is 23.6 Å². The summed E-state index contributed by atoms with van der Waals surface area (Å²) in [6.45, 7) is 1.78. The molecule has 4 rings (SSSR count). The lowest BCUT2D eigenvalue weighted by Gasteiger charge is -2.23. The van der Waals surface area contributed by atoms with Crippen LogP contribution in [0.1, 0.15) is 53.9 Å².